The van der Waals surface area contributed by atoms with Crippen LogP contribution in [0.3, 0.4) is 0 Å². The summed E-state index contributed by atoms with van der Waals surface area (Å²) in [6.07, 6.45) is 3.10. The summed E-state index contributed by atoms with van der Waals surface area (Å²) >= 11 is 0. The molecular weight excluding hydrogens is 218 g/mol. The number of hydrogen-bond donors (Lipinski definition) is 3. The molecule has 1 saturated carbocycles. The number of rotatable bonds is 4. The highest BCUT2D eigenvalue weighted by molar-refractivity contribution is 5.80. The van der Waals surface area contributed by atoms with Gasteiger partial charge >= 0.3 is 0 Å². The van der Waals surface area contributed by atoms with Crippen LogP contribution in [0.5, 0.6) is 0 Å². The smallest absolute Gasteiger partial charge is 0.225 e. The topological polar surface area (TPSA) is 84.2 Å². The number of carbonyl (C=O) groups is 2. The van der Waals surface area contributed by atoms with E-state index in [1.54, 1.807) is 0 Å². The van der Waals surface area contributed by atoms with Crippen molar-refractivity contribution >= 4 is 11.8 Å². The average Bonchev–Trinajstić information content (AvgIpc) is 2.24. The lowest BCUT2D eigenvalue weighted by Crippen LogP contribution is -2.48. The fraction of sp³-hybridized carbons (Fsp3) is 0.833. The van der Waals surface area contributed by atoms with Crippen molar-refractivity contribution in [2.75, 3.05) is 13.1 Å². The first-order chi connectivity index (χ1) is 8.02. The average molecular weight is 241 g/mol. The molecule has 0 saturated heterocycles. The van der Waals surface area contributed by atoms with Crippen LogP contribution < -0.4 is 16.4 Å². The Labute approximate surface area is 103 Å². The van der Waals surface area contributed by atoms with E-state index >= 15 is 0 Å². The summed E-state index contributed by atoms with van der Waals surface area (Å²) in [5.41, 5.74) is 5.99. The summed E-state index contributed by atoms with van der Waals surface area (Å²) in [4.78, 5) is 22.6. The van der Waals surface area contributed by atoms with E-state index in [1.807, 2.05) is 0 Å². The summed E-state index contributed by atoms with van der Waals surface area (Å²) in [5, 5.41) is 5.48. The van der Waals surface area contributed by atoms with Crippen LogP contribution in [0.2, 0.25) is 0 Å². The zero-order valence-corrected chi connectivity index (χ0v) is 10.7. The van der Waals surface area contributed by atoms with Gasteiger partial charge in [-0.2, -0.15) is 0 Å². The zero-order chi connectivity index (χ0) is 12.8. The zero-order valence-electron chi connectivity index (χ0n) is 10.7. The Bertz CT molecular complexity index is 271. The largest absolute Gasteiger partial charge is 0.355 e. The molecule has 1 aliphatic rings. The number of carbonyl (C=O) groups excluding carboxylic acids is 2. The van der Waals surface area contributed by atoms with Crippen LogP contribution >= 0.6 is 0 Å². The highest BCUT2D eigenvalue weighted by Crippen LogP contribution is 2.28. The van der Waals surface area contributed by atoms with Gasteiger partial charge in [0.2, 0.25) is 11.8 Å². The van der Waals surface area contributed by atoms with Gasteiger partial charge in [0, 0.05) is 26.1 Å². The molecule has 3 unspecified atom stereocenters. The van der Waals surface area contributed by atoms with Crippen molar-refractivity contribution < 1.29 is 9.59 Å². The van der Waals surface area contributed by atoms with Gasteiger partial charge in [-0.05, 0) is 18.8 Å². The Balaban J connectivity index is 2.32. The Morgan fingerprint density at radius 3 is 2.47 bits per heavy atom. The molecule has 0 bridgehead atoms. The third kappa shape index (κ3) is 4.34. The van der Waals surface area contributed by atoms with E-state index in [9.17, 15) is 9.59 Å². The molecule has 4 N–H and O–H groups in total. The Hall–Kier alpha value is -1.10. The van der Waals surface area contributed by atoms with E-state index in [4.69, 9.17) is 5.73 Å². The molecule has 1 aliphatic carbocycles. The summed E-state index contributed by atoms with van der Waals surface area (Å²) in [6, 6.07) is -0.0282. The minimum Gasteiger partial charge on any atom is -0.355 e. The lowest BCUT2D eigenvalue weighted by molar-refractivity contribution is -0.128. The molecule has 3 atom stereocenters. The predicted octanol–water partition coefficient (Wildman–Crippen LogP) is 0.00220. The lowest BCUT2D eigenvalue weighted by Gasteiger charge is -2.33. The highest BCUT2D eigenvalue weighted by atomic mass is 16.2. The van der Waals surface area contributed by atoms with Crippen molar-refractivity contribution in [2.24, 2.45) is 17.6 Å². The Morgan fingerprint density at radius 1 is 1.24 bits per heavy atom. The van der Waals surface area contributed by atoms with Gasteiger partial charge in [-0.1, -0.05) is 13.3 Å². The molecule has 0 spiro atoms. The van der Waals surface area contributed by atoms with Crippen molar-refractivity contribution in [1.82, 2.24) is 10.6 Å². The van der Waals surface area contributed by atoms with E-state index < -0.39 is 0 Å². The third-order valence-corrected chi connectivity index (χ3v) is 3.37. The quantitative estimate of drug-likeness (QED) is 0.606. The first-order valence-corrected chi connectivity index (χ1v) is 6.30. The number of nitrogens with two attached hydrogens (primary N) is 1. The predicted molar refractivity (Wildman–Crippen MR) is 66.2 cm³/mol. The van der Waals surface area contributed by atoms with Crippen LogP contribution in [0, 0.1) is 11.8 Å². The van der Waals surface area contributed by atoms with Crippen LogP contribution in [0.4, 0.5) is 0 Å². The normalized spacial score (nSPS) is 28.5. The SMILES string of the molecule is CC(=O)NCCNC(=O)C1C(C)CCCC1N. The second-order valence-electron chi connectivity index (χ2n) is 4.87. The van der Waals surface area contributed by atoms with Gasteiger partial charge in [0.15, 0.2) is 0 Å². The van der Waals surface area contributed by atoms with Crippen LogP contribution in [0.1, 0.15) is 33.1 Å². The molecule has 5 heteroatoms. The van der Waals surface area contributed by atoms with Crippen LogP contribution in [0.25, 0.3) is 0 Å². The first-order valence-electron chi connectivity index (χ1n) is 6.30. The molecule has 0 aromatic rings. The fourth-order valence-electron chi connectivity index (χ4n) is 2.45. The molecule has 0 aromatic carbocycles. The van der Waals surface area contributed by atoms with Crippen LogP contribution in [-0.2, 0) is 9.59 Å². The molecule has 17 heavy (non-hydrogen) atoms. The lowest BCUT2D eigenvalue weighted by atomic mass is 9.76. The van der Waals surface area contributed by atoms with Crippen LogP contribution in [-0.4, -0.2) is 30.9 Å². The van der Waals surface area contributed by atoms with Gasteiger partial charge in [-0.3, -0.25) is 9.59 Å². The van der Waals surface area contributed by atoms with Gasteiger partial charge in [-0.25, -0.2) is 0 Å². The van der Waals surface area contributed by atoms with Gasteiger partial charge in [0.1, 0.15) is 0 Å². The standard InChI is InChI=1S/C12H23N3O2/c1-8-4-3-5-10(13)11(8)12(17)15-7-6-14-9(2)16/h8,10-11H,3-7,13H2,1-2H3,(H,14,16)(H,15,17). The molecule has 1 fully saturated rings. The van der Waals surface area contributed by atoms with E-state index in [1.165, 1.54) is 6.92 Å². The second-order valence-corrected chi connectivity index (χ2v) is 4.87. The van der Waals surface area contributed by atoms with E-state index in [-0.39, 0.29) is 23.8 Å². The highest BCUT2D eigenvalue weighted by Gasteiger charge is 2.33. The minimum absolute atomic E-state index is 0.0232. The Morgan fingerprint density at radius 2 is 1.88 bits per heavy atom. The fourth-order valence-corrected chi connectivity index (χ4v) is 2.45. The molecule has 1 rings (SSSR count). The van der Waals surface area contributed by atoms with Gasteiger partial charge < -0.3 is 16.4 Å². The third-order valence-electron chi connectivity index (χ3n) is 3.37. The van der Waals surface area contributed by atoms with Gasteiger partial charge in [-0.15, -0.1) is 0 Å². The summed E-state index contributed by atoms with van der Waals surface area (Å²) in [5.74, 6) is 0.206. The molecule has 0 radical (unpaired) electrons. The molecule has 5 nitrogen and oxygen atoms in total. The molecule has 0 heterocycles. The second kappa shape index (κ2) is 6.59. The number of amides is 2. The summed E-state index contributed by atoms with van der Waals surface area (Å²) < 4.78 is 0. The first kappa shape index (κ1) is 14.0. The number of hydrogen-bond acceptors (Lipinski definition) is 3. The van der Waals surface area contributed by atoms with Crippen molar-refractivity contribution in [3.05, 3.63) is 0 Å². The maximum Gasteiger partial charge on any atom is 0.225 e. The molecule has 2 amide bonds. The number of nitrogens with one attached hydrogen (secondary N) is 2. The summed E-state index contributed by atoms with van der Waals surface area (Å²) in [6.45, 7) is 4.48. The summed E-state index contributed by atoms with van der Waals surface area (Å²) in [7, 11) is 0. The maximum atomic E-state index is 12.0. The molecule has 0 aliphatic heterocycles. The molecular formula is C12H23N3O2. The van der Waals surface area contributed by atoms with E-state index in [0.29, 0.717) is 19.0 Å². The Kier molecular flexibility index (Phi) is 5.41. The van der Waals surface area contributed by atoms with Crippen molar-refractivity contribution in [3.63, 3.8) is 0 Å². The van der Waals surface area contributed by atoms with Crippen molar-refractivity contribution in [3.8, 4) is 0 Å². The van der Waals surface area contributed by atoms with Crippen LogP contribution in [0.15, 0.2) is 0 Å². The maximum absolute atomic E-state index is 12.0. The molecule has 98 valence electrons. The monoisotopic (exact) mass is 241 g/mol. The molecule has 0 aromatic heterocycles. The van der Waals surface area contributed by atoms with Crippen molar-refractivity contribution in [2.45, 2.75) is 39.2 Å². The minimum atomic E-state index is -0.0823. The van der Waals surface area contributed by atoms with Gasteiger partial charge in [0.25, 0.3) is 0 Å². The van der Waals surface area contributed by atoms with E-state index in [2.05, 4.69) is 17.6 Å². The van der Waals surface area contributed by atoms with Gasteiger partial charge in [0.05, 0.1) is 5.92 Å². The van der Waals surface area contributed by atoms with E-state index in [0.717, 1.165) is 19.3 Å². The van der Waals surface area contributed by atoms with Crippen molar-refractivity contribution in [1.29, 1.82) is 0 Å².